The van der Waals surface area contributed by atoms with Crippen molar-refractivity contribution < 1.29 is 14.2 Å². The quantitative estimate of drug-likeness (QED) is 0.526. The minimum Gasteiger partial charge on any atom is -0.353 e. The number of ether oxygens (including phenoxy) is 3. The van der Waals surface area contributed by atoms with E-state index in [9.17, 15) is 0 Å². The Bertz CT molecular complexity index is 280. The van der Waals surface area contributed by atoms with E-state index in [-0.39, 0.29) is 6.79 Å². The first-order valence-electron chi connectivity index (χ1n) is 5.51. The van der Waals surface area contributed by atoms with Crippen LogP contribution in [0, 0.1) is 0 Å². The van der Waals surface area contributed by atoms with Crippen molar-refractivity contribution in [3.05, 3.63) is 35.9 Å². The minimum atomic E-state index is -0.545. The second kappa shape index (κ2) is 6.63. The van der Waals surface area contributed by atoms with Gasteiger partial charge in [0, 0.05) is 7.11 Å². The third kappa shape index (κ3) is 4.31. The summed E-state index contributed by atoms with van der Waals surface area (Å²) >= 11 is 0. The molecule has 0 bridgehead atoms. The number of rotatable bonds is 7. The topological polar surface area (TPSA) is 27.7 Å². The Hall–Kier alpha value is -0.900. The molecule has 1 atom stereocenters. The molecule has 0 saturated carbocycles. The molecular formula is C13H20O3. The Morgan fingerprint density at radius 1 is 1.19 bits per heavy atom. The van der Waals surface area contributed by atoms with Crippen LogP contribution in [-0.4, -0.2) is 19.7 Å². The van der Waals surface area contributed by atoms with Gasteiger partial charge in [0.1, 0.15) is 0 Å². The van der Waals surface area contributed by atoms with Crippen molar-refractivity contribution in [3.8, 4) is 0 Å². The molecule has 3 nitrogen and oxygen atoms in total. The Morgan fingerprint density at radius 2 is 1.88 bits per heavy atom. The van der Waals surface area contributed by atoms with Crippen molar-refractivity contribution in [3.63, 3.8) is 0 Å². The van der Waals surface area contributed by atoms with Crippen LogP contribution in [0.1, 0.15) is 25.8 Å². The average molecular weight is 224 g/mol. The van der Waals surface area contributed by atoms with Crippen molar-refractivity contribution in [2.24, 2.45) is 0 Å². The first kappa shape index (κ1) is 13.2. The van der Waals surface area contributed by atoms with Gasteiger partial charge in [-0.3, -0.25) is 0 Å². The summed E-state index contributed by atoms with van der Waals surface area (Å²) in [4.78, 5) is 0. The molecule has 1 aromatic carbocycles. The normalized spacial score (nSPS) is 14.7. The maximum absolute atomic E-state index is 5.51. The third-order valence-corrected chi connectivity index (χ3v) is 2.63. The lowest BCUT2D eigenvalue weighted by molar-refractivity contribution is -0.254. The molecule has 0 heterocycles. The largest absolute Gasteiger partial charge is 0.353 e. The molecule has 0 N–H and O–H groups in total. The van der Waals surface area contributed by atoms with Gasteiger partial charge < -0.3 is 14.2 Å². The lowest BCUT2D eigenvalue weighted by Crippen LogP contribution is -2.31. The molecule has 0 saturated heterocycles. The fourth-order valence-electron chi connectivity index (χ4n) is 1.21. The van der Waals surface area contributed by atoms with Crippen LogP contribution in [0.4, 0.5) is 0 Å². The summed E-state index contributed by atoms with van der Waals surface area (Å²) in [6, 6.07) is 10.0. The highest BCUT2D eigenvalue weighted by molar-refractivity contribution is 5.13. The van der Waals surface area contributed by atoms with E-state index in [1.165, 1.54) is 0 Å². The zero-order chi connectivity index (χ0) is 11.9. The first-order valence-corrected chi connectivity index (χ1v) is 5.51. The van der Waals surface area contributed by atoms with Crippen LogP contribution < -0.4 is 0 Å². The predicted octanol–water partition coefficient (Wildman–Crippen LogP) is 2.95. The van der Waals surface area contributed by atoms with Crippen LogP contribution in [0.5, 0.6) is 0 Å². The Labute approximate surface area is 97.3 Å². The number of methoxy groups -OCH3 is 1. The summed E-state index contributed by atoms with van der Waals surface area (Å²) in [5.74, 6) is -0.545. The fraction of sp³-hybridized carbons (Fsp3) is 0.538. The highest BCUT2D eigenvalue weighted by Crippen LogP contribution is 2.15. The summed E-state index contributed by atoms with van der Waals surface area (Å²) in [5, 5.41) is 0. The van der Waals surface area contributed by atoms with E-state index in [1.807, 2.05) is 44.2 Å². The van der Waals surface area contributed by atoms with E-state index in [2.05, 4.69) is 0 Å². The molecule has 0 fully saturated rings. The molecule has 1 unspecified atom stereocenters. The Kier molecular flexibility index (Phi) is 5.46. The summed E-state index contributed by atoms with van der Waals surface area (Å²) < 4.78 is 16.2. The van der Waals surface area contributed by atoms with Gasteiger partial charge in [0.2, 0.25) is 0 Å². The number of benzene rings is 1. The van der Waals surface area contributed by atoms with Gasteiger partial charge in [-0.2, -0.15) is 0 Å². The molecule has 1 aromatic rings. The third-order valence-electron chi connectivity index (χ3n) is 2.63. The second-order valence-corrected chi connectivity index (χ2v) is 3.79. The van der Waals surface area contributed by atoms with Gasteiger partial charge in [0.25, 0.3) is 0 Å². The molecule has 0 aliphatic rings. The van der Waals surface area contributed by atoms with Crippen LogP contribution in [0.3, 0.4) is 0 Å². The van der Waals surface area contributed by atoms with Crippen LogP contribution >= 0.6 is 0 Å². The fourth-order valence-corrected chi connectivity index (χ4v) is 1.21. The Morgan fingerprint density at radius 3 is 2.44 bits per heavy atom. The van der Waals surface area contributed by atoms with E-state index < -0.39 is 5.79 Å². The van der Waals surface area contributed by atoms with E-state index in [0.717, 1.165) is 12.0 Å². The maximum atomic E-state index is 5.51. The highest BCUT2D eigenvalue weighted by atomic mass is 16.8. The van der Waals surface area contributed by atoms with Gasteiger partial charge in [0.05, 0.1) is 6.61 Å². The molecule has 0 spiro atoms. The van der Waals surface area contributed by atoms with E-state index in [0.29, 0.717) is 6.61 Å². The standard InChI is InChI=1S/C13H20O3/c1-4-13(2,14-3)16-11-15-10-12-8-6-5-7-9-12/h5-9H,4,10-11H2,1-3H3. The molecule has 0 aliphatic heterocycles. The lowest BCUT2D eigenvalue weighted by Gasteiger charge is -2.26. The van der Waals surface area contributed by atoms with Gasteiger partial charge in [0.15, 0.2) is 12.6 Å². The van der Waals surface area contributed by atoms with Crippen LogP contribution in [-0.2, 0) is 20.8 Å². The summed E-state index contributed by atoms with van der Waals surface area (Å²) in [7, 11) is 1.64. The van der Waals surface area contributed by atoms with Crippen molar-refractivity contribution in [1.29, 1.82) is 0 Å². The molecule has 0 aliphatic carbocycles. The summed E-state index contributed by atoms with van der Waals surface area (Å²) in [6.45, 7) is 4.72. The van der Waals surface area contributed by atoms with Crippen molar-refractivity contribution in [2.75, 3.05) is 13.9 Å². The second-order valence-electron chi connectivity index (χ2n) is 3.79. The molecule has 90 valence electrons. The zero-order valence-corrected chi connectivity index (χ0v) is 10.2. The SMILES string of the molecule is CCC(C)(OC)OCOCc1ccccc1. The van der Waals surface area contributed by atoms with Crippen molar-refractivity contribution in [2.45, 2.75) is 32.7 Å². The van der Waals surface area contributed by atoms with Crippen LogP contribution in [0.25, 0.3) is 0 Å². The molecule has 1 rings (SSSR count). The van der Waals surface area contributed by atoms with Gasteiger partial charge in [-0.05, 0) is 18.9 Å². The number of hydrogen-bond donors (Lipinski definition) is 0. The van der Waals surface area contributed by atoms with E-state index in [1.54, 1.807) is 7.11 Å². The predicted molar refractivity (Wildman–Crippen MR) is 62.9 cm³/mol. The summed E-state index contributed by atoms with van der Waals surface area (Å²) in [5.41, 5.74) is 1.14. The molecule has 16 heavy (non-hydrogen) atoms. The first-order chi connectivity index (χ1) is 7.70. The van der Waals surface area contributed by atoms with Crippen LogP contribution in [0.15, 0.2) is 30.3 Å². The van der Waals surface area contributed by atoms with Crippen molar-refractivity contribution >= 4 is 0 Å². The highest BCUT2D eigenvalue weighted by Gasteiger charge is 2.21. The Balaban J connectivity index is 2.22. The van der Waals surface area contributed by atoms with E-state index >= 15 is 0 Å². The van der Waals surface area contributed by atoms with E-state index in [4.69, 9.17) is 14.2 Å². The lowest BCUT2D eigenvalue weighted by atomic mass is 10.2. The zero-order valence-electron chi connectivity index (χ0n) is 10.2. The molecule has 0 radical (unpaired) electrons. The van der Waals surface area contributed by atoms with Gasteiger partial charge >= 0.3 is 0 Å². The molecular weight excluding hydrogens is 204 g/mol. The molecule has 0 aromatic heterocycles. The average Bonchev–Trinajstić information content (AvgIpc) is 2.36. The minimum absolute atomic E-state index is 0.243. The monoisotopic (exact) mass is 224 g/mol. The maximum Gasteiger partial charge on any atom is 0.167 e. The molecule has 0 amide bonds. The smallest absolute Gasteiger partial charge is 0.167 e. The van der Waals surface area contributed by atoms with Crippen molar-refractivity contribution in [1.82, 2.24) is 0 Å². The van der Waals surface area contributed by atoms with Gasteiger partial charge in [-0.25, -0.2) is 0 Å². The van der Waals surface area contributed by atoms with Crippen LogP contribution in [0.2, 0.25) is 0 Å². The van der Waals surface area contributed by atoms with Gasteiger partial charge in [-0.15, -0.1) is 0 Å². The molecule has 3 heteroatoms. The summed E-state index contributed by atoms with van der Waals surface area (Å²) in [6.07, 6.45) is 0.790. The number of hydrogen-bond acceptors (Lipinski definition) is 3. The van der Waals surface area contributed by atoms with Gasteiger partial charge in [-0.1, -0.05) is 37.3 Å².